The summed E-state index contributed by atoms with van der Waals surface area (Å²) in [5, 5.41) is 7.01. The van der Waals surface area contributed by atoms with Gasteiger partial charge >= 0.3 is 0 Å². The molecule has 0 bridgehead atoms. The average molecular weight is 393 g/mol. The van der Waals surface area contributed by atoms with Crippen LogP contribution in [-0.2, 0) is 6.42 Å². The van der Waals surface area contributed by atoms with E-state index in [0.29, 0.717) is 0 Å². The molecule has 0 spiro atoms. The molecule has 0 amide bonds. The van der Waals surface area contributed by atoms with Crippen LogP contribution in [0.1, 0.15) is 68.6 Å². The predicted octanol–water partition coefficient (Wildman–Crippen LogP) is 6.49. The Morgan fingerprint density at radius 2 is 1.90 bits per heavy atom. The van der Waals surface area contributed by atoms with Crippen LogP contribution in [-0.4, -0.2) is 19.6 Å². The van der Waals surface area contributed by atoms with E-state index in [1.807, 2.05) is 0 Å². The molecule has 2 rings (SSSR count). The van der Waals surface area contributed by atoms with Crippen LogP contribution in [0.15, 0.2) is 60.9 Å². The van der Waals surface area contributed by atoms with E-state index in [4.69, 9.17) is 0 Å². The van der Waals surface area contributed by atoms with Gasteiger partial charge in [-0.2, -0.15) is 0 Å². The summed E-state index contributed by atoms with van der Waals surface area (Å²) in [4.78, 5) is 0. The minimum atomic E-state index is 0.940. The van der Waals surface area contributed by atoms with Crippen molar-refractivity contribution >= 4 is 5.57 Å². The first-order valence-corrected chi connectivity index (χ1v) is 11.4. The summed E-state index contributed by atoms with van der Waals surface area (Å²) in [5.74, 6) is 0. The predicted molar refractivity (Wildman–Crippen MR) is 129 cm³/mol. The van der Waals surface area contributed by atoms with Gasteiger partial charge in [0.2, 0.25) is 0 Å². The fourth-order valence-electron chi connectivity index (χ4n) is 3.69. The second kappa shape index (κ2) is 13.2. The van der Waals surface area contributed by atoms with Gasteiger partial charge in [0, 0.05) is 18.8 Å². The maximum absolute atomic E-state index is 4.24. The Balaban J connectivity index is 1.55. The third-order valence-electron chi connectivity index (χ3n) is 5.59. The number of unbranched alkanes of at least 4 members (excludes halogenated alkanes) is 1. The third kappa shape index (κ3) is 8.87. The van der Waals surface area contributed by atoms with E-state index in [0.717, 1.165) is 44.6 Å². The lowest BCUT2D eigenvalue weighted by Crippen LogP contribution is -2.27. The van der Waals surface area contributed by atoms with Crippen LogP contribution < -0.4 is 10.6 Å². The van der Waals surface area contributed by atoms with Gasteiger partial charge in [-0.3, -0.25) is 0 Å². The van der Waals surface area contributed by atoms with Gasteiger partial charge in [0.15, 0.2) is 0 Å². The molecule has 2 heteroatoms. The van der Waals surface area contributed by atoms with Crippen LogP contribution in [0.4, 0.5) is 0 Å². The molecule has 1 aromatic carbocycles. The molecule has 2 N–H and O–H groups in total. The fraction of sp³-hybridized carbons (Fsp3) is 0.481. The van der Waals surface area contributed by atoms with Crippen molar-refractivity contribution in [3.63, 3.8) is 0 Å². The molecular weight excluding hydrogens is 352 g/mol. The van der Waals surface area contributed by atoms with Crippen molar-refractivity contribution in [2.75, 3.05) is 19.6 Å². The van der Waals surface area contributed by atoms with Crippen LogP contribution >= 0.6 is 0 Å². The van der Waals surface area contributed by atoms with Crippen molar-refractivity contribution in [3.8, 4) is 0 Å². The lowest BCUT2D eigenvalue weighted by Gasteiger charge is -2.14. The zero-order chi connectivity index (χ0) is 20.9. The highest BCUT2D eigenvalue weighted by molar-refractivity contribution is 5.66. The minimum Gasteiger partial charge on any atom is -0.388 e. The third-order valence-corrected chi connectivity index (χ3v) is 5.59. The summed E-state index contributed by atoms with van der Waals surface area (Å²) in [6.45, 7) is 15.8. The van der Waals surface area contributed by atoms with Gasteiger partial charge < -0.3 is 10.6 Å². The van der Waals surface area contributed by atoms with E-state index in [-0.39, 0.29) is 0 Å². The first-order chi connectivity index (χ1) is 14.1. The van der Waals surface area contributed by atoms with Gasteiger partial charge in [0.05, 0.1) is 0 Å². The van der Waals surface area contributed by atoms with Gasteiger partial charge in [0.1, 0.15) is 0 Å². The molecule has 158 valence electrons. The molecule has 0 unspecified atom stereocenters. The van der Waals surface area contributed by atoms with Crippen molar-refractivity contribution in [1.29, 1.82) is 0 Å². The van der Waals surface area contributed by atoms with E-state index < -0.39 is 0 Å². The lowest BCUT2D eigenvalue weighted by atomic mass is 9.94. The topological polar surface area (TPSA) is 24.1 Å². The molecule has 0 saturated carbocycles. The molecule has 2 nitrogen and oxygen atoms in total. The summed E-state index contributed by atoms with van der Waals surface area (Å²) < 4.78 is 0. The van der Waals surface area contributed by atoms with E-state index in [1.165, 1.54) is 59.9 Å². The van der Waals surface area contributed by atoms with E-state index in [9.17, 15) is 0 Å². The Morgan fingerprint density at radius 1 is 1.03 bits per heavy atom. The monoisotopic (exact) mass is 392 g/mol. The molecule has 0 atom stereocenters. The van der Waals surface area contributed by atoms with Crippen molar-refractivity contribution in [2.45, 2.75) is 65.2 Å². The molecule has 0 aliphatic heterocycles. The number of nitrogens with one attached hydrogen (secondary N) is 2. The van der Waals surface area contributed by atoms with Gasteiger partial charge in [0.25, 0.3) is 0 Å². The molecule has 1 aromatic rings. The standard InChI is InChI=1S/C27H40N2/c1-5-23(3)27-21-22(2)14-16-26(27)17-15-24(4)29-20-19-28-18-10-9-13-25-11-7-6-8-12-25/h7,11-12,14,16,21,28-29H,3-6,8-10,13,15,17-20H2,1-2H3. The van der Waals surface area contributed by atoms with E-state index in [2.05, 4.69) is 74.1 Å². The van der Waals surface area contributed by atoms with Gasteiger partial charge in [-0.25, -0.2) is 0 Å². The van der Waals surface area contributed by atoms with Crippen LogP contribution in [0.3, 0.4) is 0 Å². The Kier molecular flexibility index (Phi) is 10.6. The van der Waals surface area contributed by atoms with Crippen LogP contribution in [0.5, 0.6) is 0 Å². The number of allylic oxidation sites excluding steroid dienone is 6. The van der Waals surface area contributed by atoms with Crippen LogP contribution in [0.2, 0.25) is 0 Å². The quantitative estimate of drug-likeness (QED) is 0.354. The van der Waals surface area contributed by atoms with E-state index in [1.54, 1.807) is 0 Å². The van der Waals surface area contributed by atoms with Crippen molar-refractivity contribution in [2.24, 2.45) is 0 Å². The number of hydrogen-bond donors (Lipinski definition) is 2. The summed E-state index contributed by atoms with van der Waals surface area (Å²) in [5.41, 5.74) is 7.87. The molecule has 1 aliphatic carbocycles. The van der Waals surface area contributed by atoms with Gasteiger partial charge in [-0.15, -0.1) is 0 Å². The normalized spacial score (nSPS) is 13.2. The van der Waals surface area contributed by atoms with Crippen LogP contribution in [0, 0.1) is 6.92 Å². The SMILES string of the molecule is C=C(CCc1ccc(C)cc1C(=C)CC)NCCNCCCCC1=CCCC=C1. The zero-order valence-corrected chi connectivity index (χ0v) is 18.7. The minimum absolute atomic E-state index is 0.940. The highest BCUT2D eigenvalue weighted by atomic mass is 14.9. The first-order valence-electron chi connectivity index (χ1n) is 11.4. The fourth-order valence-corrected chi connectivity index (χ4v) is 3.69. The van der Waals surface area contributed by atoms with Crippen molar-refractivity contribution < 1.29 is 0 Å². The number of aryl methyl sites for hydroxylation is 2. The molecule has 0 fully saturated rings. The van der Waals surface area contributed by atoms with Gasteiger partial charge in [-0.05, 0) is 81.5 Å². The van der Waals surface area contributed by atoms with Crippen molar-refractivity contribution in [3.05, 3.63) is 77.5 Å². The second-order valence-electron chi connectivity index (χ2n) is 8.11. The smallest absolute Gasteiger partial charge is 0.0269 e. The summed E-state index contributed by atoms with van der Waals surface area (Å²) in [6.07, 6.45) is 16.1. The summed E-state index contributed by atoms with van der Waals surface area (Å²) >= 11 is 0. The molecule has 29 heavy (non-hydrogen) atoms. The first kappa shape index (κ1) is 23.2. The van der Waals surface area contributed by atoms with Gasteiger partial charge in [-0.1, -0.05) is 67.6 Å². The van der Waals surface area contributed by atoms with Crippen LogP contribution in [0.25, 0.3) is 5.57 Å². The summed E-state index contributed by atoms with van der Waals surface area (Å²) in [6, 6.07) is 6.71. The lowest BCUT2D eigenvalue weighted by molar-refractivity contribution is 0.602. The Hall–Kier alpha value is -2.06. The number of rotatable bonds is 14. The maximum Gasteiger partial charge on any atom is 0.0269 e. The Morgan fingerprint density at radius 3 is 2.66 bits per heavy atom. The maximum atomic E-state index is 4.24. The van der Waals surface area contributed by atoms with Crippen molar-refractivity contribution in [1.82, 2.24) is 10.6 Å². The highest BCUT2D eigenvalue weighted by Crippen LogP contribution is 2.23. The average Bonchev–Trinajstić information content (AvgIpc) is 2.74. The Labute approximate surface area is 178 Å². The Bertz CT molecular complexity index is 724. The number of hydrogen-bond acceptors (Lipinski definition) is 2. The molecule has 0 radical (unpaired) electrons. The van der Waals surface area contributed by atoms with E-state index >= 15 is 0 Å². The molecule has 0 heterocycles. The zero-order valence-electron chi connectivity index (χ0n) is 18.7. The molecule has 0 aromatic heterocycles. The summed E-state index contributed by atoms with van der Waals surface area (Å²) in [7, 11) is 0. The highest BCUT2D eigenvalue weighted by Gasteiger charge is 2.06. The molecular formula is C27H40N2. The second-order valence-corrected chi connectivity index (χ2v) is 8.11. The largest absolute Gasteiger partial charge is 0.388 e. The number of benzene rings is 1. The molecule has 1 aliphatic rings. The molecule has 0 saturated heterocycles.